The van der Waals surface area contributed by atoms with E-state index in [-0.39, 0.29) is 5.91 Å². The van der Waals surface area contributed by atoms with E-state index in [4.69, 9.17) is 9.51 Å². The summed E-state index contributed by atoms with van der Waals surface area (Å²) in [5, 5.41) is 9.07. The fraction of sp³-hybridized carbons (Fsp3) is 0.478. The molecular formula is C23H29N5O2S. The lowest BCUT2D eigenvalue weighted by molar-refractivity contribution is 0.0943. The van der Waals surface area contributed by atoms with E-state index >= 15 is 0 Å². The molecular weight excluding hydrogens is 410 g/mol. The van der Waals surface area contributed by atoms with Gasteiger partial charge in [-0.3, -0.25) is 4.79 Å². The van der Waals surface area contributed by atoms with Gasteiger partial charge in [0.1, 0.15) is 0 Å². The second-order valence-corrected chi connectivity index (χ2v) is 9.68. The zero-order valence-electron chi connectivity index (χ0n) is 18.5. The van der Waals surface area contributed by atoms with E-state index in [0.29, 0.717) is 17.8 Å². The third kappa shape index (κ3) is 4.95. The van der Waals surface area contributed by atoms with Crippen molar-refractivity contribution in [2.45, 2.75) is 45.4 Å². The highest BCUT2D eigenvalue weighted by Crippen LogP contribution is 2.39. The standard InChI is InChI=1S/C23H29N5O2S/c1-14-9-20(30-27-14)19-12-25-23(28(3)4)26-21(19)17-7-5-16(6-8-17)11-24-22(29)18-10-15(2)31-13-18/h9-10,12-13,16-17H,5-8,11H2,1-4H3,(H,24,29). The summed E-state index contributed by atoms with van der Waals surface area (Å²) in [5.41, 5.74) is 3.57. The predicted octanol–water partition coefficient (Wildman–Crippen LogP) is 4.58. The average molecular weight is 440 g/mol. The lowest BCUT2D eigenvalue weighted by Crippen LogP contribution is -2.31. The first-order valence-electron chi connectivity index (χ1n) is 10.7. The number of hydrogen-bond donors (Lipinski definition) is 1. The Hall–Kier alpha value is -2.74. The van der Waals surface area contributed by atoms with Gasteiger partial charge in [-0.15, -0.1) is 11.3 Å². The number of rotatable bonds is 6. The van der Waals surface area contributed by atoms with Crippen LogP contribution in [0.5, 0.6) is 0 Å². The molecule has 4 rings (SSSR count). The molecule has 1 fully saturated rings. The van der Waals surface area contributed by atoms with Gasteiger partial charge < -0.3 is 14.7 Å². The molecule has 1 aliphatic rings. The number of thiophene rings is 1. The summed E-state index contributed by atoms with van der Waals surface area (Å²) >= 11 is 1.61. The Labute approximate surface area is 186 Å². The fourth-order valence-electron chi connectivity index (χ4n) is 4.13. The normalized spacial score (nSPS) is 18.7. The number of carbonyl (C=O) groups excluding carboxylic acids is 1. The molecule has 1 amide bonds. The Kier molecular flexibility index (Phi) is 6.36. The van der Waals surface area contributed by atoms with E-state index in [1.165, 1.54) is 0 Å². The minimum absolute atomic E-state index is 0.0286. The highest BCUT2D eigenvalue weighted by Gasteiger charge is 2.27. The summed E-state index contributed by atoms with van der Waals surface area (Å²) in [5.74, 6) is 2.29. The van der Waals surface area contributed by atoms with Gasteiger partial charge in [0, 0.05) is 49.1 Å². The molecule has 164 valence electrons. The number of aryl methyl sites for hydroxylation is 2. The van der Waals surface area contributed by atoms with E-state index in [0.717, 1.165) is 65.4 Å². The Bertz CT molecular complexity index is 1050. The van der Waals surface area contributed by atoms with Crippen molar-refractivity contribution in [1.82, 2.24) is 20.4 Å². The van der Waals surface area contributed by atoms with Crippen LogP contribution >= 0.6 is 11.3 Å². The van der Waals surface area contributed by atoms with E-state index in [1.807, 2.05) is 56.6 Å². The molecule has 3 aromatic heterocycles. The molecule has 8 heteroatoms. The molecule has 1 saturated carbocycles. The molecule has 31 heavy (non-hydrogen) atoms. The third-order valence-corrected chi connectivity index (χ3v) is 6.74. The van der Waals surface area contributed by atoms with Gasteiger partial charge in [0.15, 0.2) is 5.76 Å². The number of anilines is 1. The highest BCUT2D eigenvalue weighted by atomic mass is 32.1. The van der Waals surface area contributed by atoms with Gasteiger partial charge in [-0.2, -0.15) is 0 Å². The van der Waals surface area contributed by atoms with Crippen LogP contribution in [0.1, 0.15) is 58.2 Å². The highest BCUT2D eigenvalue weighted by molar-refractivity contribution is 7.10. The smallest absolute Gasteiger partial charge is 0.252 e. The van der Waals surface area contributed by atoms with Crippen molar-refractivity contribution >= 4 is 23.2 Å². The minimum Gasteiger partial charge on any atom is -0.356 e. The van der Waals surface area contributed by atoms with Gasteiger partial charge in [-0.1, -0.05) is 5.16 Å². The number of amides is 1. The van der Waals surface area contributed by atoms with Gasteiger partial charge in [0.2, 0.25) is 5.95 Å². The number of carbonyl (C=O) groups is 1. The van der Waals surface area contributed by atoms with E-state index < -0.39 is 0 Å². The van der Waals surface area contributed by atoms with Crippen LogP contribution in [0.25, 0.3) is 11.3 Å². The number of nitrogens with zero attached hydrogens (tertiary/aromatic N) is 4. The summed E-state index contributed by atoms with van der Waals surface area (Å²) in [6.45, 7) is 4.66. The van der Waals surface area contributed by atoms with Crippen LogP contribution < -0.4 is 10.2 Å². The maximum absolute atomic E-state index is 12.3. The lowest BCUT2D eigenvalue weighted by atomic mass is 9.79. The van der Waals surface area contributed by atoms with Crippen molar-refractivity contribution in [3.05, 3.63) is 45.5 Å². The molecule has 0 saturated heterocycles. The van der Waals surface area contributed by atoms with Crippen LogP contribution in [0.2, 0.25) is 0 Å². The molecule has 1 aliphatic carbocycles. The monoisotopic (exact) mass is 439 g/mol. The van der Waals surface area contributed by atoms with Crippen molar-refractivity contribution < 1.29 is 9.32 Å². The minimum atomic E-state index is 0.0286. The molecule has 3 aromatic rings. The van der Waals surface area contributed by atoms with Crippen LogP contribution in [-0.4, -0.2) is 41.7 Å². The van der Waals surface area contributed by atoms with E-state index in [9.17, 15) is 4.79 Å². The van der Waals surface area contributed by atoms with Crippen molar-refractivity contribution in [3.63, 3.8) is 0 Å². The zero-order valence-corrected chi connectivity index (χ0v) is 19.3. The summed E-state index contributed by atoms with van der Waals surface area (Å²) < 4.78 is 5.52. The van der Waals surface area contributed by atoms with Crippen LogP contribution in [0, 0.1) is 19.8 Å². The summed E-state index contributed by atoms with van der Waals surface area (Å²) in [6.07, 6.45) is 6.03. The third-order valence-electron chi connectivity index (χ3n) is 5.88. The maximum atomic E-state index is 12.3. The van der Waals surface area contributed by atoms with E-state index in [2.05, 4.69) is 15.5 Å². The van der Waals surface area contributed by atoms with Gasteiger partial charge in [0.25, 0.3) is 5.91 Å². The second-order valence-electron chi connectivity index (χ2n) is 8.57. The molecule has 0 bridgehead atoms. The van der Waals surface area contributed by atoms with Crippen LogP contribution in [0.4, 0.5) is 5.95 Å². The number of aromatic nitrogens is 3. The molecule has 3 heterocycles. The number of nitrogens with one attached hydrogen (secondary N) is 1. The summed E-state index contributed by atoms with van der Waals surface area (Å²) in [4.78, 5) is 24.8. The van der Waals surface area contributed by atoms with Gasteiger partial charge in [-0.05, 0) is 51.5 Å². The average Bonchev–Trinajstić information content (AvgIpc) is 3.40. The quantitative estimate of drug-likeness (QED) is 0.605. The van der Waals surface area contributed by atoms with Crippen molar-refractivity contribution in [3.8, 4) is 11.3 Å². The Balaban J connectivity index is 1.43. The first-order valence-corrected chi connectivity index (χ1v) is 11.6. The Morgan fingerprint density at radius 3 is 2.61 bits per heavy atom. The van der Waals surface area contributed by atoms with Gasteiger partial charge in [-0.25, -0.2) is 9.97 Å². The Morgan fingerprint density at radius 1 is 1.23 bits per heavy atom. The first-order chi connectivity index (χ1) is 14.9. The number of hydrogen-bond acceptors (Lipinski definition) is 7. The maximum Gasteiger partial charge on any atom is 0.252 e. The summed E-state index contributed by atoms with van der Waals surface area (Å²) in [7, 11) is 3.90. The van der Waals surface area contributed by atoms with E-state index in [1.54, 1.807) is 11.3 Å². The van der Waals surface area contributed by atoms with Crippen LogP contribution in [0.15, 0.2) is 28.2 Å². The fourth-order valence-corrected chi connectivity index (χ4v) is 4.82. The van der Waals surface area contributed by atoms with Gasteiger partial charge >= 0.3 is 0 Å². The van der Waals surface area contributed by atoms with Crippen molar-refractivity contribution in [1.29, 1.82) is 0 Å². The molecule has 0 aliphatic heterocycles. The van der Waals surface area contributed by atoms with Crippen LogP contribution in [-0.2, 0) is 0 Å². The predicted molar refractivity (Wildman–Crippen MR) is 123 cm³/mol. The molecule has 0 unspecified atom stereocenters. The second kappa shape index (κ2) is 9.18. The molecule has 0 atom stereocenters. The molecule has 1 N–H and O–H groups in total. The molecule has 7 nitrogen and oxygen atoms in total. The van der Waals surface area contributed by atoms with Crippen molar-refractivity contribution in [2.75, 3.05) is 25.5 Å². The first kappa shape index (κ1) is 21.5. The van der Waals surface area contributed by atoms with Gasteiger partial charge in [0.05, 0.1) is 22.5 Å². The Morgan fingerprint density at radius 2 is 2.00 bits per heavy atom. The van der Waals surface area contributed by atoms with Crippen molar-refractivity contribution in [2.24, 2.45) is 5.92 Å². The largest absolute Gasteiger partial charge is 0.356 e. The summed E-state index contributed by atoms with van der Waals surface area (Å²) in [6, 6.07) is 3.88. The van der Waals surface area contributed by atoms with Crippen LogP contribution in [0.3, 0.4) is 0 Å². The molecule has 0 spiro atoms. The zero-order chi connectivity index (χ0) is 22.0. The molecule has 0 radical (unpaired) electrons. The topological polar surface area (TPSA) is 84.2 Å². The molecule has 0 aromatic carbocycles. The SMILES string of the molecule is Cc1cc(-c2cnc(N(C)C)nc2C2CCC(CNC(=O)c3csc(C)c3)CC2)on1. The lowest BCUT2D eigenvalue weighted by Gasteiger charge is -2.29.